The highest BCUT2D eigenvalue weighted by Gasteiger charge is 2.20. The van der Waals surface area contributed by atoms with E-state index in [0.717, 1.165) is 25.5 Å². The fraction of sp³-hybridized carbons (Fsp3) is 0.500. The van der Waals surface area contributed by atoms with Crippen molar-refractivity contribution >= 4 is 17.5 Å². The Kier molecular flexibility index (Phi) is 6.74. The van der Waals surface area contributed by atoms with Crippen molar-refractivity contribution in [2.75, 3.05) is 6.61 Å². The van der Waals surface area contributed by atoms with Gasteiger partial charge in [-0.2, -0.15) is 4.99 Å². The van der Waals surface area contributed by atoms with E-state index >= 15 is 0 Å². The van der Waals surface area contributed by atoms with Crippen LogP contribution in [0.3, 0.4) is 0 Å². The Labute approximate surface area is 124 Å². The number of unbranched alkanes of at least 4 members (excludes halogenated alkanes) is 1. The summed E-state index contributed by atoms with van der Waals surface area (Å²) < 4.78 is 12.8. The zero-order valence-electron chi connectivity index (χ0n) is 12.4. The topological polar surface area (TPSA) is 95.4 Å². The molecule has 0 aromatic rings. The van der Waals surface area contributed by atoms with Gasteiger partial charge in [0.25, 0.3) is 0 Å². The van der Waals surface area contributed by atoms with Gasteiger partial charge < -0.3 is 16.2 Å². The molecule has 0 aromatic heterocycles. The quantitative estimate of drug-likeness (QED) is 0.695. The van der Waals surface area contributed by atoms with Crippen LogP contribution in [0.2, 0.25) is 0 Å². The molecule has 0 unspecified atom stereocenters. The second kappa shape index (κ2) is 8.31. The first-order valence-electron chi connectivity index (χ1n) is 6.87. The van der Waals surface area contributed by atoms with E-state index in [4.69, 9.17) is 5.73 Å². The third kappa shape index (κ3) is 5.47. The molecule has 0 bridgehead atoms. The summed E-state index contributed by atoms with van der Waals surface area (Å²) in [5.41, 5.74) is 6.35. The van der Waals surface area contributed by atoms with Crippen molar-refractivity contribution in [3.8, 4) is 0 Å². The van der Waals surface area contributed by atoms with E-state index in [1.165, 1.54) is 6.92 Å². The van der Waals surface area contributed by atoms with Crippen LogP contribution in [0.5, 0.6) is 0 Å². The number of allylic oxidation sites excluding steroid dienone is 1. The fourth-order valence-electron chi connectivity index (χ4n) is 1.73. The van der Waals surface area contributed by atoms with Crippen molar-refractivity contribution in [3.05, 3.63) is 24.3 Å². The number of nitrogens with one attached hydrogen (secondary N) is 1. The van der Waals surface area contributed by atoms with E-state index < -0.39 is 5.83 Å². The van der Waals surface area contributed by atoms with Gasteiger partial charge in [-0.1, -0.05) is 26.3 Å². The molecule has 0 spiro atoms. The Morgan fingerprint density at radius 1 is 1.62 bits per heavy atom. The van der Waals surface area contributed by atoms with E-state index in [9.17, 15) is 9.50 Å². The molecule has 21 heavy (non-hydrogen) atoms. The van der Waals surface area contributed by atoms with Crippen molar-refractivity contribution in [1.29, 1.82) is 0 Å². The SMILES string of the molecule is C=C1NC(N)=NC(=N[C@H](CO)CCCC)C1=N/C=C(\C)F. The number of aliphatic imine (C=N–C) groups is 3. The van der Waals surface area contributed by atoms with E-state index in [1.54, 1.807) is 0 Å². The van der Waals surface area contributed by atoms with Gasteiger partial charge in [0, 0.05) is 0 Å². The summed E-state index contributed by atoms with van der Waals surface area (Å²) >= 11 is 0. The normalized spacial score (nSPS) is 21.4. The third-order valence-corrected chi connectivity index (χ3v) is 2.78. The lowest BCUT2D eigenvalue weighted by atomic mass is 10.1. The molecule has 0 fully saturated rings. The Morgan fingerprint density at radius 2 is 2.33 bits per heavy atom. The summed E-state index contributed by atoms with van der Waals surface area (Å²) in [5, 5.41) is 12.1. The molecule has 4 N–H and O–H groups in total. The molecule has 1 aliphatic heterocycles. The number of nitrogens with zero attached hydrogens (tertiary/aromatic N) is 3. The number of amidine groups is 1. The molecule has 0 saturated carbocycles. The minimum absolute atomic E-state index is 0.0932. The van der Waals surface area contributed by atoms with Crippen LogP contribution in [0.25, 0.3) is 0 Å². The smallest absolute Gasteiger partial charge is 0.199 e. The standard InChI is InChI=1S/C14H22FN5O/c1-4-5-6-11(8-21)19-13-12(17-7-9(2)15)10(3)18-14(16)20-13/h7,11,21H,3-6,8H2,1-2H3,(H3,16,18,19,20)/b9-7+,17-12?/t11-/m0/s1. The maximum atomic E-state index is 12.8. The monoisotopic (exact) mass is 295 g/mol. The molecule has 0 saturated heterocycles. The molecule has 1 heterocycles. The minimum Gasteiger partial charge on any atom is -0.394 e. The predicted molar refractivity (Wildman–Crippen MR) is 84.0 cm³/mol. The highest BCUT2D eigenvalue weighted by molar-refractivity contribution is 6.50. The molecule has 0 radical (unpaired) electrons. The van der Waals surface area contributed by atoms with Gasteiger partial charge in [-0.25, -0.2) is 9.38 Å². The average molecular weight is 295 g/mol. The van der Waals surface area contributed by atoms with E-state index in [-0.39, 0.29) is 24.4 Å². The number of aliphatic hydroxyl groups excluding tert-OH is 1. The van der Waals surface area contributed by atoms with E-state index in [1.807, 2.05) is 0 Å². The summed E-state index contributed by atoms with van der Waals surface area (Å²) in [4.78, 5) is 12.4. The number of guanidine groups is 1. The summed E-state index contributed by atoms with van der Waals surface area (Å²) in [6.07, 6.45) is 3.74. The fourth-order valence-corrected chi connectivity index (χ4v) is 1.73. The molecular weight excluding hydrogens is 273 g/mol. The zero-order valence-corrected chi connectivity index (χ0v) is 12.4. The molecular formula is C14H22FN5O. The van der Waals surface area contributed by atoms with Gasteiger partial charge in [0.05, 0.1) is 24.5 Å². The summed E-state index contributed by atoms with van der Waals surface area (Å²) in [6.45, 7) is 7.03. The molecule has 7 heteroatoms. The Hall–Kier alpha value is -2.02. The maximum absolute atomic E-state index is 12.8. The molecule has 1 aliphatic rings. The van der Waals surface area contributed by atoms with Gasteiger partial charge in [-0.15, -0.1) is 0 Å². The van der Waals surface area contributed by atoms with Crippen LogP contribution >= 0.6 is 0 Å². The van der Waals surface area contributed by atoms with Gasteiger partial charge in [-0.05, 0) is 13.3 Å². The van der Waals surface area contributed by atoms with Crippen LogP contribution < -0.4 is 11.1 Å². The van der Waals surface area contributed by atoms with Crippen LogP contribution in [0.15, 0.2) is 39.3 Å². The number of aliphatic hydroxyl groups is 1. The first-order chi connectivity index (χ1) is 9.97. The number of nitrogens with two attached hydrogens (primary N) is 1. The highest BCUT2D eigenvalue weighted by atomic mass is 19.1. The average Bonchev–Trinajstić information content (AvgIpc) is 2.41. The largest absolute Gasteiger partial charge is 0.394 e. The van der Waals surface area contributed by atoms with Crippen molar-refractivity contribution in [3.63, 3.8) is 0 Å². The van der Waals surface area contributed by atoms with Crippen LogP contribution in [-0.2, 0) is 0 Å². The number of hydrogen-bond acceptors (Lipinski definition) is 5. The molecule has 1 rings (SSSR count). The lowest BCUT2D eigenvalue weighted by molar-refractivity contribution is 0.259. The van der Waals surface area contributed by atoms with Crippen molar-refractivity contribution in [1.82, 2.24) is 5.32 Å². The van der Waals surface area contributed by atoms with Crippen LogP contribution in [0.4, 0.5) is 4.39 Å². The Balaban J connectivity index is 3.12. The molecule has 0 aliphatic carbocycles. The Bertz CT molecular complexity index is 503. The van der Waals surface area contributed by atoms with Crippen molar-refractivity contribution in [2.24, 2.45) is 20.7 Å². The van der Waals surface area contributed by atoms with Gasteiger partial charge in [0.15, 0.2) is 11.8 Å². The number of hydrogen-bond donors (Lipinski definition) is 3. The number of halogens is 1. The Morgan fingerprint density at radius 3 is 2.90 bits per heavy atom. The van der Waals surface area contributed by atoms with Crippen LogP contribution in [0, 0.1) is 0 Å². The molecule has 0 amide bonds. The van der Waals surface area contributed by atoms with Crippen molar-refractivity contribution in [2.45, 2.75) is 39.2 Å². The predicted octanol–water partition coefficient (Wildman–Crippen LogP) is 1.64. The van der Waals surface area contributed by atoms with E-state index in [2.05, 4.69) is 33.8 Å². The molecule has 6 nitrogen and oxygen atoms in total. The molecule has 0 aromatic carbocycles. The van der Waals surface area contributed by atoms with Gasteiger partial charge in [0.2, 0.25) is 0 Å². The van der Waals surface area contributed by atoms with Gasteiger partial charge in [-0.3, -0.25) is 4.99 Å². The van der Waals surface area contributed by atoms with Crippen LogP contribution in [-0.4, -0.2) is 35.3 Å². The first kappa shape index (κ1) is 17.0. The maximum Gasteiger partial charge on any atom is 0.199 e. The zero-order chi connectivity index (χ0) is 15.8. The number of rotatable bonds is 6. The first-order valence-corrected chi connectivity index (χ1v) is 6.87. The van der Waals surface area contributed by atoms with Gasteiger partial charge in [0.1, 0.15) is 11.5 Å². The second-order valence-corrected chi connectivity index (χ2v) is 4.73. The lowest BCUT2D eigenvalue weighted by Crippen LogP contribution is -2.41. The van der Waals surface area contributed by atoms with Crippen LogP contribution in [0.1, 0.15) is 33.1 Å². The third-order valence-electron chi connectivity index (χ3n) is 2.78. The summed E-state index contributed by atoms with van der Waals surface area (Å²) in [5.74, 6) is -0.0448. The lowest BCUT2D eigenvalue weighted by Gasteiger charge is -2.18. The summed E-state index contributed by atoms with van der Waals surface area (Å²) in [7, 11) is 0. The molecule has 116 valence electrons. The highest BCUT2D eigenvalue weighted by Crippen LogP contribution is 2.10. The minimum atomic E-state index is -0.443. The van der Waals surface area contributed by atoms with Gasteiger partial charge >= 0.3 is 0 Å². The molecule has 1 atom stereocenters. The van der Waals surface area contributed by atoms with Crippen molar-refractivity contribution < 1.29 is 9.50 Å². The summed E-state index contributed by atoms with van der Waals surface area (Å²) in [6, 6.07) is -0.289. The second-order valence-electron chi connectivity index (χ2n) is 4.73. The van der Waals surface area contributed by atoms with E-state index in [0.29, 0.717) is 11.4 Å².